The van der Waals surface area contributed by atoms with Crippen LogP contribution in [-0.2, 0) is 6.54 Å². The number of ether oxygens (including phenoxy) is 1. The summed E-state index contributed by atoms with van der Waals surface area (Å²) in [5, 5.41) is 6.73. The first-order valence-corrected chi connectivity index (χ1v) is 10.3. The lowest BCUT2D eigenvalue weighted by Crippen LogP contribution is -2.38. The van der Waals surface area contributed by atoms with Crippen LogP contribution in [0.4, 0.5) is 10.1 Å². The van der Waals surface area contributed by atoms with Crippen molar-refractivity contribution in [3.63, 3.8) is 0 Å². The van der Waals surface area contributed by atoms with Crippen molar-refractivity contribution in [2.24, 2.45) is 4.99 Å². The van der Waals surface area contributed by atoms with E-state index in [1.807, 2.05) is 13.0 Å². The molecular formula is C23H32FIN4O. The summed E-state index contributed by atoms with van der Waals surface area (Å²) < 4.78 is 18.9. The SMILES string of the molecule is CCNC(=NCc1ccc(OC)c(F)c1)NC(C)c1cccc(N2CCCC2)c1.I. The summed E-state index contributed by atoms with van der Waals surface area (Å²) >= 11 is 0. The molecule has 1 atom stereocenters. The van der Waals surface area contributed by atoms with Crippen LogP contribution >= 0.6 is 24.0 Å². The van der Waals surface area contributed by atoms with E-state index in [1.165, 1.54) is 37.3 Å². The van der Waals surface area contributed by atoms with Gasteiger partial charge in [-0.15, -0.1) is 24.0 Å². The molecule has 0 amide bonds. The average molecular weight is 526 g/mol. The zero-order chi connectivity index (χ0) is 20.6. The van der Waals surface area contributed by atoms with Gasteiger partial charge in [0, 0.05) is 25.3 Å². The monoisotopic (exact) mass is 526 g/mol. The molecule has 0 bridgehead atoms. The van der Waals surface area contributed by atoms with Gasteiger partial charge in [0.1, 0.15) is 0 Å². The van der Waals surface area contributed by atoms with Crippen LogP contribution in [0.25, 0.3) is 0 Å². The first kappa shape index (κ1) is 24.2. The van der Waals surface area contributed by atoms with Gasteiger partial charge in [-0.05, 0) is 62.1 Å². The molecule has 164 valence electrons. The molecule has 3 rings (SSSR count). The number of halogens is 2. The summed E-state index contributed by atoms with van der Waals surface area (Å²) in [6.07, 6.45) is 2.53. The Morgan fingerprint density at radius 2 is 1.97 bits per heavy atom. The van der Waals surface area contributed by atoms with Crippen LogP contribution in [0.5, 0.6) is 5.75 Å². The van der Waals surface area contributed by atoms with E-state index in [0.29, 0.717) is 12.5 Å². The third-order valence-electron chi connectivity index (χ3n) is 5.17. The fraction of sp³-hybridized carbons (Fsp3) is 0.435. The molecule has 5 nitrogen and oxygen atoms in total. The Morgan fingerprint density at radius 3 is 2.63 bits per heavy atom. The van der Waals surface area contributed by atoms with Crippen molar-refractivity contribution < 1.29 is 9.13 Å². The lowest BCUT2D eigenvalue weighted by Gasteiger charge is -2.22. The Hall–Kier alpha value is -2.03. The summed E-state index contributed by atoms with van der Waals surface area (Å²) in [6.45, 7) is 7.56. The molecule has 0 spiro atoms. The highest BCUT2D eigenvalue weighted by atomic mass is 127. The fourth-order valence-corrected chi connectivity index (χ4v) is 3.55. The standard InChI is InChI=1S/C23H31FN4O.HI/c1-4-25-23(26-16-18-10-11-22(29-3)21(24)14-18)27-17(2)19-8-7-9-20(15-19)28-12-5-6-13-28;/h7-11,14-15,17H,4-6,12-13,16H2,1-3H3,(H2,25,26,27);1H. The molecule has 1 unspecified atom stereocenters. The average Bonchev–Trinajstić information content (AvgIpc) is 3.27. The van der Waals surface area contributed by atoms with E-state index in [9.17, 15) is 4.39 Å². The summed E-state index contributed by atoms with van der Waals surface area (Å²) in [4.78, 5) is 7.06. The number of hydrogen-bond donors (Lipinski definition) is 2. The van der Waals surface area contributed by atoms with Crippen LogP contribution in [0.3, 0.4) is 0 Å². The smallest absolute Gasteiger partial charge is 0.192 e. The van der Waals surface area contributed by atoms with Crippen LogP contribution in [0.15, 0.2) is 47.5 Å². The number of nitrogens with one attached hydrogen (secondary N) is 2. The van der Waals surface area contributed by atoms with Crippen LogP contribution in [0, 0.1) is 5.82 Å². The van der Waals surface area contributed by atoms with Crippen LogP contribution in [0.2, 0.25) is 0 Å². The number of nitrogens with zero attached hydrogens (tertiary/aromatic N) is 2. The molecule has 2 aromatic rings. The van der Waals surface area contributed by atoms with Gasteiger partial charge in [0.05, 0.1) is 19.7 Å². The van der Waals surface area contributed by atoms with Crippen LogP contribution < -0.4 is 20.3 Å². The topological polar surface area (TPSA) is 48.9 Å². The predicted octanol–water partition coefficient (Wildman–Crippen LogP) is 4.87. The largest absolute Gasteiger partial charge is 0.494 e. The Bertz CT molecular complexity index is 840. The van der Waals surface area contributed by atoms with E-state index in [-0.39, 0.29) is 41.6 Å². The molecular weight excluding hydrogens is 494 g/mol. The highest BCUT2D eigenvalue weighted by molar-refractivity contribution is 14.0. The van der Waals surface area contributed by atoms with Crippen molar-refractivity contribution in [1.82, 2.24) is 10.6 Å². The van der Waals surface area contributed by atoms with Gasteiger partial charge in [-0.2, -0.15) is 0 Å². The summed E-state index contributed by atoms with van der Waals surface area (Å²) in [7, 11) is 1.46. The summed E-state index contributed by atoms with van der Waals surface area (Å²) in [5.41, 5.74) is 3.30. The minimum atomic E-state index is -0.370. The molecule has 1 aliphatic rings. The number of aliphatic imine (C=N–C) groups is 1. The molecule has 30 heavy (non-hydrogen) atoms. The minimum absolute atomic E-state index is 0. The number of guanidine groups is 1. The Morgan fingerprint density at radius 1 is 1.20 bits per heavy atom. The molecule has 0 aliphatic carbocycles. The molecule has 0 aromatic heterocycles. The zero-order valence-corrected chi connectivity index (χ0v) is 20.3. The Kier molecular flexibility index (Phi) is 9.68. The quantitative estimate of drug-likeness (QED) is 0.307. The fourth-order valence-electron chi connectivity index (χ4n) is 3.55. The molecule has 0 saturated carbocycles. The lowest BCUT2D eigenvalue weighted by molar-refractivity contribution is 0.386. The number of hydrogen-bond acceptors (Lipinski definition) is 3. The van der Waals surface area contributed by atoms with Crippen LogP contribution in [-0.4, -0.2) is 32.7 Å². The third-order valence-corrected chi connectivity index (χ3v) is 5.17. The number of methoxy groups -OCH3 is 1. The zero-order valence-electron chi connectivity index (χ0n) is 18.0. The second-order valence-corrected chi connectivity index (χ2v) is 7.32. The molecule has 1 fully saturated rings. The normalized spacial score (nSPS) is 14.8. The lowest BCUT2D eigenvalue weighted by atomic mass is 10.1. The molecule has 0 radical (unpaired) electrons. The van der Waals surface area contributed by atoms with E-state index < -0.39 is 0 Å². The maximum absolute atomic E-state index is 13.9. The first-order valence-electron chi connectivity index (χ1n) is 10.3. The van der Waals surface area contributed by atoms with Crippen molar-refractivity contribution in [3.8, 4) is 5.75 Å². The maximum atomic E-state index is 13.9. The van der Waals surface area contributed by atoms with E-state index in [1.54, 1.807) is 6.07 Å². The first-order chi connectivity index (χ1) is 14.1. The maximum Gasteiger partial charge on any atom is 0.192 e. The molecule has 2 aromatic carbocycles. The van der Waals surface area contributed by atoms with E-state index in [4.69, 9.17) is 4.74 Å². The second-order valence-electron chi connectivity index (χ2n) is 7.32. The Balaban J connectivity index is 0.00000320. The highest BCUT2D eigenvalue weighted by Crippen LogP contribution is 2.24. The van der Waals surface area contributed by atoms with E-state index in [2.05, 4.69) is 51.7 Å². The van der Waals surface area contributed by atoms with Gasteiger partial charge >= 0.3 is 0 Å². The highest BCUT2D eigenvalue weighted by Gasteiger charge is 2.14. The molecule has 1 heterocycles. The minimum Gasteiger partial charge on any atom is -0.494 e. The predicted molar refractivity (Wildman–Crippen MR) is 133 cm³/mol. The van der Waals surface area contributed by atoms with E-state index >= 15 is 0 Å². The van der Waals surface area contributed by atoms with Crippen molar-refractivity contribution >= 4 is 35.6 Å². The van der Waals surface area contributed by atoms with E-state index in [0.717, 1.165) is 25.2 Å². The van der Waals surface area contributed by atoms with Crippen molar-refractivity contribution in [2.45, 2.75) is 39.3 Å². The van der Waals surface area contributed by atoms with Crippen molar-refractivity contribution in [3.05, 3.63) is 59.4 Å². The molecule has 1 aliphatic heterocycles. The molecule has 7 heteroatoms. The van der Waals surface area contributed by atoms with Crippen molar-refractivity contribution in [1.29, 1.82) is 0 Å². The Labute approximate surface area is 196 Å². The third kappa shape index (κ3) is 6.48. The van der Waals surface area contributed by atoms with Gasteiger partial charge in [0.15, 0.2) is 17.5 Å². The molecule has 1 saturated heterocycles. The van der Waals surface area contributed by atoms with Gasteiger partial charge in [-0.25, -0.2) is 9.38 Å². The van der Waals surface area contributed by atoms with Gasteiger partial charge in [0.2, 0.25) is 0 Å². The van der Waals surface area contributed by atoms with Gasteiger partial charge in [-0.3, -0.25) is 0 Å². The summed E-state index contributed by atoms with van der Waals surface area (Å²) in [6, 6.07) is 13.7. The van der Waals surface area contributed by atoms with Crippen molar-refractivity contribution in [2.75, 3.05) is 31.6 Å². The number of rotatable bonds is 7. The second kappa shape index (κ2) is 12.0. The van der Waals surface area contributed by atoms with Crippen LogP contribution in [0.1, 0.15) is 43.9 Å². The van der Waals surface area contributed by atoms with Gasteiger partial charge in [-0.1, -0.05) is 18.2 Å². The molecule has 2 N–H and O–H groups in total. The number of benzene rings is 2. The van der Waals surface area contributed by atoms with Gasteiger partial charge < -0.3 is 20.3 Å². The number of anilines is 1. The van der Waals surface area contributed by atoms with Gasteiger partial charge in [0.25, 0.3) is 0 Å². The summed E-state index contributed by atoms with van der Waals surface area (Å²) in [5.74, 6) is 0.585.